The maximum Gasteiger partial charge on any atom is 0.0889 e. The molecule has 0 amide bonds. The van der Waals surface area contributed by atoms with E-state index in [-0.39, 0.29) is 7.92 Å². The van der Waals surface area contributed by atoms with Crippen molar-refractivity contribution < 1.29 is 0 Å². The quantitative estimate of drug-likeness (QED) is 0.500. The molecular weight excluding hydrogens is 387 g/mol. The van der Waals surface area contributed by atoms with Crippen LogP contribution in [0.25, 0.3) is 11.4 Å². The van der Waals surface area contributed by atoms with Gasteiger partial charge in [-0.05, 0) is 53.4 Å². The number of pyridine rings is 2. The first-order valence-electron chi connectivity index (χ1n) is 9.26. The Morgan fingerprint density at radius 1 is 0.630 bits per heavy atom. The van der Waals surface area contributed by atoms with Gasteiger partial charge in [-0.1, -0.05) is 50.4 Å². The van der Waals surface area contributed by atoms with Crippen molar-refractivity contribution in [2.24, 2.45) is 0 Å². The predicted octanol–water partition coefficient (Wildman–Crippen LogP) is 5.43. The highest BCUT2D eigenvalue weighted by molar-refractivity contribution is 7.99. The molecule has 3 aromatic rings. The van der Waals surface area contributed by atoms with Gasteiger partial charge in [-0.15, -0.1) is 0 Å². The molecule has 1 aliphatic rings. The van der Waals surface area contributed by atoms with Crippen LogP contribution in [0.3, 0.4) is 0 Å². The second-order valence-corrected chi connectivity index (χ2v) is 11.2. The lowest BCUT2D eigenvalue weighted by Crippen LogP contribution is -2.09. The Kier molecular flexibility index (Phi) is 6.84. The Morgan fingerprint density at radius 3 is 1.74 bits per heavy atom. The number of hydrogen-bond donors (Lipinski definition) is 0. The summed E-state index contributed by atoms with van der Waals surface area (Å²) in [5.41, 5.74) is 4.28. The van der Waals surface area contributed by atoms with Crippen molar-refractivity contribution in [1.29, 1.82) is 0 Å². The predicted molar refractivity (Wildman–Crippen MR) is 123 cm³/mol. The van der Waals surface area contributed by atoms with Crippen LogP contribution >= 0.6 is 31.4 Å². The van der Waals surface area contributed by atoms with Crippen LogP contribution in [0, 0.1) is 0 Å². The largest absolute Gasteiger partial charge is 0.250 e. The topological polar surface area (TPSA) is 25.8 Å². The number of rotatable bonds is 1. The van der Waals surface area contributed by atoms with Crippen molar-refractivity contribution >= 4 is 36.7 Å². The zero-order valence-electron chi connectivity index (χ0n) is 15.3. The standard InChI is InChI=1S/C22H23N2PS2/c1-2-8-20(9-3-1)25-12-14-26-16-18-6-4-10-21(23-18)22-11-5-7-19(24-22)17-27-15-13-25/h1-11H,12-17H2. The van der Waals surface area contributed by atoms with Gasteiger partial charge in [0.15, 0.2) is 0 Å². The van der Waals surface area contributed by atoms with Crippen molar-refractivity contribution in [3.8, 4) is 11.4 Å². The second-order valence-electron chi connectivity index (χ2n) is 6.46. The van der Waals surface area contributed by atoms with E-state index < -0.39 is 0 Å². The van der Waals surface area contributed by atoms with E-state index in [1.807, 2.05) is 23.5 Å². The summed E-state index contributed by atoms with van der Waals surface area (Å²) in [5, 5.41) is 1.54. The van der Waals surface area contributed by atoms with Gasteiger partial charge in [0.25, 0.3) is 0 Å². The minimum Gasteiger partial charge on any atom is -0.250 e. The summed E-state index contributed by atoms with van der Waals surface area (Å²) in [7, 11) is -0.0888. The lowest BCUT2D eigenvalue weighted by atomic mass is 10.2. The van der Waals surface area contributed by atoms with Crippen molar-refractivity contribution in [2.75, 3.05) is 23.8 Å². The average molecular weight is 411 g/mol. The lowest BCUT2D eigenvalue weighted by Gasteiger charge is -2.18. The van der Waals surface area contributed by atoms with E-state index in [2.05, 4.69) is 66.7 Å². The maximum atomic E-state index is 4.85. The maximum absolute atomic E-state index is 4.85. The van der Waals surface area contributed by atoms with Crippen LogP contribution in [0.15, 0.2) is 66.7 Å². The monoisotopic (exact) mass is 410 g/mol. The number of fused-ring (bicyclic) bond motifs is 5. The van der Waals surface area contributed by atoms with Gasteiger partial charge in [0.05, 0.1) is 22.8 Å². The molecule has 0 saturated carbocycles. The zero-order valence-corrected chi connectivity index (χ0v) is 17.8. The van der Waals surface area contributed by atoms with Crippen LogP contribution in [0.2, 0.25) is 0 Å². The van der Waals surface area contributed by atoms with E-state index in [1.54, 1.807) is 5.30 Å². The van der Waals surface area contributed by atoms with E-state index in [0.29, 0.717) is 0 Å². The Labute approximate surface area is 171 Å². The molecule has 138 valence electrons. The molecule has 0 unspecified atom stereocenters. The molecule has 5 heteroatoms. The van der Waals surface area contributed by atoms with Crippen LogP contribution in [0.4, 0.5) is 0 Å². The van der Waals surface area contributed by atoms with E-state index in [9.17, 15) is 0 Å². The summed E-state index contributed by atoms with van der Waals surface area (Å²) in [6.07, 6.45) is 2.58. The fourth-order valence-corrected chi connectivity index (χ4v) is 8.28. The van der Waals surface area contributed by atoms with E-state index in [4.69, 9.17) is 9.97 Å². The Morgan fingerprint density at radius 2 is 1.19 bits per heavy atom. The third-order valence-corrected chi connectivity index (χ3v) is 9.65. The lowest BCUT2D eigenvalue weighted by molar-refractivity contribution is 1.13. The zero-order chi connectivity index (χ0) is 18.3. The molecule has 0 radical (unpaired) electrons. The van der Waals surface area contributed by atoms with Crippen molar-refractivity contribution in [1.82, 2.24) is 9.97 Å². The molecule has 1 aromatic carbocycles. The number of hydrogen-bond acceptors (Lipinski definition) is 4. The first-order chi connectivity index (χ1) is 13.4. The molecule has 2 nitrogen and oxygen atoms in total. The van der Waals surface area contributed by atoms with Gasteiger partial charge in [-0.25, -0.2) is 0 Å². The van der Waals surface area contributed by atoms with E-state index in [1.165, 1.54) is 23.8 Å². The fraction of sp³-hybridized carbons (Fsp3) is 0.273. The number of benzene rings is 1. The number of thioether (sulfide) groups is 2. The van der Waals surface area contributed by atoms with Gasteiger partial charge in [-0.2, -0.15) is 23.5 Å². The summed E-state index contributed by atoms with van der Waals surface area (Å²) >= 11 is 4.01. The Hall–Kier alpha value is -1.35. The summed E-state index contributed by atoms with van der Waals surface area (Å²) in [4.78, 5) is 9.70. The third kappa shape index (κ3) is 5.34. The molecule has 0 fully saturated rings. The highest BCUT2D eigenvalue weighted by atomic mass is 32.2. The SMILES string of the molecule is c1ccc(P2CCSCc3cccc(n3)-c3cccc(n3)CSCC2)cc1. The molecule has 4 rings (SSSR count). The Bertz CT molecular complexity index is 819. The van der Waals surface area contributed by atoms with Crippen molar-refractivity contribution in [3.63, 3.8) is 0 Å². The molecular formula is C22H23N2PS2. The van der Waals surface area contributed by atoms with Gasteiger partial charge in [-0.3, -0.25) is 9.97 Å². The summed E-state index contributed by atoms with van der Waals surface area (Å²) in [6, 6.07) is 23.7. The van der Waals surface area contributed by atoms with Crippen LogP contribution < -0.4 is 5.30 Å². The first-order valence-corrected chi connectivity index (χ1v) is 13.3. The molecule has 0 spiro atoms. The van der Waals surface area contributed by atoms with Gasteiger partial charge < -0.3 is 0 Å². The minimum absolute atomic E-state index is 0.0888. The normalized spacial score (nSPS) is 16.3. The molecule has 3 heterocycles. The van der Waals surface area contributed by atoms with Gasteiger partial charge in [0, 0.05) is 11.5 Å². The summed E-state index contributed by atoms with van der Waals surface area (Å²) < 4.78 is 0. The molecule has 1 aliphatic heterocycles. The fourth-order valence-electron chi connectivity index (χ4n) is 3.12. The van der Waals surface area contributed by atoms with Crippen LogP contribution in [0.5, 0.6) is 0 Å². The smallest absolute Gasteiger partial charge is 0.0889 e. The van der Waals surface area contributed by atoms with Gasteiger partial charge in [0.1, 0.15) is 0 Å². The molecule has 0 atom stereocenters. The van der Waals surface area contributed by atoms with Gasteiger partial charge >= 0.3 is 0 Å². The first kappa shape index (κ1) is 19.0. The molecule has 0 aliphatic carbocycles. The number of aromatic nitrogens is 2. The summed E-state index contributed by atoms with van der Waals surface area (Å²) in [6.45, 7) is 0. The highest BCUT2D eigenvalue weighted by Gasteiger charge is 2.12. The summed E-state index contributed by atoms with van der Waals surface area (Å²) in [5.74, 6) is 4.34. The molecule has 0 N–H and O–H groups in total. The van der Waals surface area contributed by atoms with Crippen molar-refractivity contribution in [2.45, 2.75) is 11.5 Å². The Balaban J connectivity index is 1.55. The van der Waals surface area contributed by atoms with Gasteiger partial charge in [0.2, 0.25) is 0 Å². The minimum atomic E-state index is -0.0888. The average Bonchev–Trinajstić information content (AvgIpc) is 2.73. The second kappa shape index (κ2) is 9.73. The molecule has 4 bridgehead atoms. The molecule has 2 aromatic heterocycles. The van der Waals surface area contributed by atoms with Crippen LogP contribution in [0.1, 0.15) is 11.4 Å². The third-order valence-electron chi connectivity index (χ3n) is 4.51. The van der Waals surface area contributed by atoms with Crippen molar-refractivity contribution in [3.05, 3.63) is 78.1 Å². The van der Waals surface area contributed by atoms with Crippen LogP contribution in [-0.4, -0.2) is 33.8 Å². The van der Waals surface area contributed by atoms with E-state index in [0.717, 1.165) is 34.3 Å². The van der Waals surface area contributed by atoms with Crippen LogP contribution in [-0.2, 0) is 11.5 Å². The number of nitrogens with zero attached hydrogens (tertiary/aromatic N) is 2. The van der Waals surface area contributed by atoms with E-state index >= 15 is 0 Å². The highest BCUT2D eigenvalue weighted by Crippen LogP contribution is 2.36. The molecule has 27 heavy (non-hydrogen) atoms. The molecule has 0 saturated heterocycles.